The van der Waals surface area contributed by atoms with Crippen LogP contribution in [0.2, 0.25) is 5.02 Å². The Balaban J connectivity index is 2.27. The quantitative estimate of drug-likeness (QED) is 0.693. The van der Waals surface area contributed by atoms with E-state index in [4.69, 9.17) is 16.3 Å². The Hall–Kier alpha value is -2.66. The molecule has 0 atom stereocenters. The van der Waals surface area contributed by atoms with Crippen molar-refractivity contribution in [2.75, 3.05) is 7.11 Å². The maximum absolute atomic E-state index is 11.3. The summed E-state index contributed by atoms with van der Waals surface area (Å²) in [5.74, 6) is 0.587. The number of aromatic nitrogens is 3. The summed E-state index contributed by atoms with van der Waals surface area (Å²) >= 11 is 6.08. The van der Waals surface area contributed by atoms with Crippen LogP contribution in [0, 0.1) is 0 Å². The van der Waals surface area contributed by atoms with Gasteiger partial charge in [0.05, 0.1) is 7.11 Å². The number of aldehydes is 1. The molecule has 0 saturated carbocycles. The largest absolute Gasteiger partial charge is 0.494 e. The maximum Gasteiger partial charge on any atom is 0.172 e. The first kappa shape index (κ1) is 14.3. The van der Waals surface area contributed by atoms with Gasteiger partial charge in [-0.25, -0.2) is 4.68 Å². The standard InChI is InChI=1S/C16H12ClN3O2/c1-22-15-8-7-12(17)9-14(15)20-16(13(10-21)18-19-20)11-5-3-2-4-6-11/h2-10H,1H3. The zero-order valence-electron chi connectivity index (χ0n) is 11.7. The fourth-order valence-electron chi connectivity index (χ4n) is 2.24. The molecule has 0 bridgehead atoms. The van der Waals surface area contributed by atoms with E-state index < -0.39 is 0 Å². The zero-order chi connectivity index (χ0) is 15.5. The highest BCUT2D eigenvalue weighted by Crippen LogP contribution is 2.31. The molecule has 0 aliphatic carbocycles. The molecule has 3 aromatic rings. The lowest BCUT2D eigenvalue weighted by Crippen LogP contribution is -2.02. The number of carbonyl (C=O) groups excluding carboxylic acids is 1. The number of rotatable bonds is 4. The Morgan fingerprint density at radius 3 is 2.64 bits per heavy atom. The average Bonchev–Trinajstić information content (AvgIpc) is 2.99. The van der Waals surface area contributed by atoms with E-state index in [2.05, 4.69) is 10.3 Å². The van der Waals surface area contributed by atoms with Crippen molar-refractivity contribution < 1.29 is 9.53 Å². The molecule has 0 aliphatic rings. The van der Waals surface area contributed by atoms with Crippen molar-refractivity contribution in [3.8, 4) is 22.7 Å². The smallest absolute Gasteiger partial charge is 0.172 e. The number of nitrogens with zero attached hydrogens (tertiary/aromatic N) is 3. The minimum Gasteiger partial charge on any atom is -0.494 e. The van der Waals surface area contributed by atoms with Crippen LogP contribution >= 0.6 is 11.6 Å². The van der Waals surface area contributed by atoms with E-state index in [-0.39, 0.29) is 5.69 Å². The lowest BCUT2D eigenvalue weighted by molar-refractivity contribution is 0.111. The number of hydrogen-bond acceptors (Lipinski definition) is 4. The summed E-state index contributed by atoms with van der Waals surface area (Å²) in [4.78, 5) is 11.3. The fraction of sp³-hybridized carbons (Fsp3) is 0.0625. The monoisotopic (exact) mass is 313 g/mol. The summed E-state index contributed by atoms with van der Waals surface area (Å²) in [6.45, 7) is 0. The Morgan fingerprint density at radius 2 is 1.95 bits per heavy atom. The molecular formula is C16H12ClN3O2. The van der Waals surface area contributed by atoms with Gasteiger partial charge in [0.1, 0.15) is 17.1 Å². The van der Waals surface area contributed by atoms with Crippen LogP contribution in [0.3, 0.4) is 0 Å². The molecule has 0 amide bonds. The fourth-order valence-corrected chi connectivity index (χ4v) is 2.40. The molecule has 0 saturated heterocycles. The van der Waals surface area contributed by atoms with Crippen molar-refractivity contribution in [3.63, 3.8) is 0 Å². The van der Waals surface area contributed by atoms with Gasteiger partial charge in [0.2, 0.25) is 0 Å². The molecule has 22 heavy (non-hydrogen) atoms. The van der Waals surface area contributed by atoms with Gasteiger partial charge in [-0.2, -0.15) is 0 Å². The third-order valence-corrected chi connectivity index (χ3v) is 3.46. The number of halogens is 1. The Labute approximate surface area is 132 Å². The number of methoxy groups -OCH3 is 1. The van der Waals surface area contributed by atoms with Gasteiger partial charge in [-0.1, -0.05) is 47.1 Å². The van der Waals surface area contributed by atoms with E-state index in [1.54, 1.807) is 30.0 Å². The molecule has 0 spiro atoms. The van der Waals surface area contributed by atoms with Gasteiger partial charge >= 0.3 is 0 Å². The second-order valence-corrected chi connectivity index (χ2v) is 4.97. The lowest BCUT2D eigenvalue weighted by Gasteiger charge is -2.11. The highest BCUT2D eigenvalue weighted by atomic mass is 35.5. The van der Waals surface area contributed by atoms with Crippen LogP contribution in [0.25, 0.3) is 16.9 Å². The second kappa shape index (κ2) is 5.99. The van der Waals surface area contributed by atoms with Gasteiger partial charge in [0, 0.05) is 10.6 Å². The topological polar surface area (TPSA) is 57.0 Å². The second-order valence-electron chi connectivity index (χ2n) is 4.54. The van der Waals surface area contributed by atoms with Crippen molar-refractivity contribution in [2.45, 2.75) is 0 Å². The van der Waals surface area contributed by atoms with Crippen LogP contribution in [0.5, 0.6) is 5.75 Å². The first-order valence-corrected chi connectivity index (χ1v) is 6.92. The molecule has 0 aliphatic heterocycles. The number of ether oxygens (including phenoxy) is 1. The predicted octanol–water partition coefficient (Wildman–Crippen LogP) is 3.41. The Morgan fingerprint density at radius 1 is 1.18 bits per heavy atom. The van der Waals surface area contributed by atoms with Crippen LogP contribution in [-0.4, -0.2) is 28.4 Å². The van der Waals surface area contributed by atoms with E-state index in [0.29, 0.717) is 28.4 Å². The summed E-state index contributed by atoms with van der Waals surface area (Å²) in [7, 11) is 1.56. The molecule has 3 rings (SSSR count). The van der Waals surface area contributed by atoms with Crippen molar-refractivity contribution in [1.82, 2.24) is 15.0 Å². The normalized spacial score (nSPS) is 10.5. The van der Waals surface area contributed by atoms with Gasteiger partial charge in [-0.05, 0) is 18.2 Å². The summed E-state index contributed by atoms with van der Waals surface area (Å²) in [6.07, 6.45) is 0.683. The summed E-state index contributed by atoms with van der Waals surface area (Å²) in [5.41, 5.74) is 2.30. The van der Waals surface area contributed by atoms with Crippen LogP contribution in [0.4, 0.5) is 0 Å². The van der Waals surface area contributed by atoms with Crippen molar-refractivity contribution in [1.29, 1.82) is 0 Å². The van der Waals surface area contributed by atoms with Crippen LogP contribution in [-0.2, 0) is 0 Å². The summed E-state index contributed by atoms with van der Waals surface area (Å²) in [6, 6.07) is 14.6. The van der Waals surface area contributed by atoms with Crippen molar-refractivity contribution in [3.05, 3.63) is 59.2 Å². The molecule has 1 heterocycles. The molecular weight excluding hydrogens is 302 g/mol. The Bertz CT molecular complexity index is 816. The summed E-state index contributed by atoms with van der Waals surface area (Å²) < 4.78 is 6.91. The van der Waals surface area contributed by atoms with Gasteiger partial charge in [0.25, 0.3) is 0 Å². The number of carbonyl (C=O) groups is 1. The Kier molecular flexibility index (Phi) is 3.89. The van der Waals surface area contributed by atoms with E-state index in [0.717, 1.165) is 5.56 Å². The first-order chi connectivity index (χ1) is 10.7. The van der Waals surface area contributed by atoms with Crippen LogP contribution < -0.4 is 4.74 Å². The van der Waals surface area contributed by atoms with E-state index in [1.165, 1.54) is 0 Å². The van der Waals surface area contributed by atoms with Gasteiger partial charge < -0.3 is 4.74 Å². The third-order valence-electron chi connectivity index (χ3n) is 3.22. The van der Waals surface area contributed by atoms with Crippen LogP contribution in [0.15, 0.2) is 48.5 Å². The average molecular weight is 314 g/mol. The molecule has 0 unspecified atom stereocenters. The number of hydrogen-bond donors (Lipinski definition) is 0. The lowest BCUT2D eigenvalue weighted by atomic mass is 10.1. The molecule has 0 fully saturated rings. The highest BCUT2D eigenvalue weighted by molar-refractivity contribution is 6.30. The van der Waals surface area contributed by atoms with E-state index in [9.17, 15) is 4.79 Å². The number of benzene rings is 2. The third kappa shape index (κ3) is 2.46. The van der Waals surface area contributed by atoms with Crippen molar-refractivity contribution >= 4 is 17.9 Å². The summed E-state index contributed by atoms with van der Waals surface area (Å²) in [5, 5.41) is 8.56. The molecule has 2 aromatic carbocycles. The van der Waals surface area contributed by atoms with E-state index >= 15 is 0 Å². The van der Waals surface area contributed by atoms with Crippen molar-refractivity contribution in [2.24, 2.45) is 0 Å². The molecule has 5 nitrogen and oxygen atoms in total. The molecule has 1 aromatic heterocycles. The van der Waals surface area contributed by atoms with Crippen LogP contribution in [0.1, 0.15) is 10.5 Å². The SMILES string of the molecule is COc1ccc(Cl)cc1-n1nnc(C=O)c1-c1ccccc1. The zero-order valence-corrected chi connectivity index (χ0v) is 12.5. The van der Waals surface area contributed by atoms with Gasteiger partial charge in [-0.3, -0.25) is 4.79 Å². The minimum atomic E-state index is 0.258. The van der Waals surface area contributed by atoms with E-state index in [1.807, 2.05) is 30.3 Å². The molecule has 0 N–H and O–H groups in total. The molecule has 6 heteroatoms. The van der Waals surface area contributed by atoms with Gasteiger partial charge in [0.15, 0.2) is 12.0 Å². The molecule has 110 valence electrons. The maximum atomic E-state index is 11.3. The first-order valence-electron chi connectivity index (χ1n) is 6.55. The highest BCUT2D eigenvalue weighted by Gasteiger charge is 2.18. The predicted molar refractivity (Wildman–Crippen MR) is 83.7 cm³/mol. The molecule has 0 radical (unpaired) electrons. The minimum absolute atomic E-state index is 0.258. The van der Waals surface area contributed by atoms with Gasteiger partial charge in [-0.15, -0.1) is 5.10 Å².